The van der Waals surface area contributed by atoms with Crippen LogP contribution in [0.25, 0.3) is 0 Å². The Morgan fingerprint density at radius 3 is 2.26 bits per heavy atom. The normalized spacial score (nSPS) is 15.9. The van der Waals surface area contributed by atoms with Crippen molar-refractivity contribution < 1.29 is 19.1 Å². The smallest absolute Gasteiger partial charge is 0.316 e. The summed E-state index contributed by atoms with van der Waals surface area (Å²) in [6.07, 6.45) is 1.07. The molecule has 5 nitrogen and oxygen atoms in total. The SMILES string of the molecule is CCOc1ccccc1C(=O)N1CCC(C(=O)OC)(c2ccccc2)CC1. The van der Waals surface area contributed by atoms with Crippen molar-refractivity contribution in [1.82, 2.24) is 4.90 Å². The number of nitrogens with zero attached hydrogens (tertiary/aromatic N) is 1. The molecular formula is C22H25NO4. The summed E-state index contributed by atoms with van der Waals surface area (Å²) >= 11 is 0. The molecule has 0 N–H and O–H groups in total. The highest BCUT2D eigenvalue weighted by atomic mass is 16.5. The molecule has 1 aliphatic rings. The molecule has 142 valence electrons. The van der Waals surface area contributed by atoms with Gasteiger partial charge in [0, 0.05) is 13.1 Å². The van der Waals surface area contributed by atoms with Crippen LogP contribution in [0.15, 0.2) is 54.6 Å². The topological polar surface area (TPSA) is 55.8 Å². The number of likely N-dealkylation sites (tertiary alicyclic amines) is 1. The lowest BCUT2D eigenvalue weighted by Crippen LogP contribution is -2.49. The molecular weight excluding hydrogens is 342 g/mol. The van der Waals surface area contributed by atoms with E-state index < -0.39 is 5.41 Å². The highest BCUT2D eigenvalue weighted by Gasteiger charge is 2.44. The van der Waals surface area contributed by atoms with Gasteiger partial charge in [0.2, 0.25) is 0 Å². The first-order valence-electron chi connectivity index (χ1n) is 9.27. The number of piperidine rings is 1. The third kappa shape index (κ3) is 3.68. The maximum Gasteiger partial charge on any atom is 0.316 e. The fourth-order valence-corrected chi connectivity index (χ4v) is 3.75. The number of para-hydroxylation sites is 1. The predicted octanol–water partition coefficient (Wildman–Crippen LogP) is 3.43. The zero-order valence-corrected chi connectivity index (χ0v) is 15.8. The minimum atomic E-state index is -0.702. The Labute approximate surface area is 159 Å². The lowest BCUT2D eigenvalue weighted by atomic mass is 9.72. The first-order chi connectivity index (χ1) is 13.1. The van der Waals surface area contributed by atoms with Crippen LogP contribution >= 0.6 is 0 Å². The van der Waals surface area contributed by atoms with Crippen molar-refractivity contribution in [2.24, 2.45) is 0 Å². The summed E-state index contributed by atoms with van der Waals surface area (Å²) in [5.74, 6) is 0.291. The van der Waals surface area contributed by atoms with E-state index in [2.05, 4.69) is 0 Å². The van der Waals surface area contributed by atoms with E-state index >= 15 is 0 Å². The Morgan fingerprint density at radius 2 is 1.63 bits per heavy atom. The number of methoxy groups -OCH3 is 1. The molecule has 27 heavy (non-hydrogen) atoms. The number of carbonyl (C=O) groups excluding carboxylic acids is 2. The number of amides is 1. The molecule has 0 unspecified atom stereocenters. The van der Waals surface area contributed by atoms with Crippen LogP contribution in [-0.2, 0) is 14.9 Å². The fraction of sp³-hybridized carbons (Fsp3) is 0.364. The lowest BCUT2D eigenvalue weighted by molar-refractivity contribution is -0.149. The van der Waals surface area contributed by atoms with Gasteiger partial charge in [-0.2, -0.15) is 0 Å². The second kappa shape index (κ2) is 8.25. The Morgan fingerprint density at radius 1 is 1.00 bits per heavy atom. The highest BCUT2D eigenvalue weighted by Crippen LogP contribution is 2.37. The van der Waals surface area contributed by atoms with Gasteiger partial charge >= 0.3 is 5.97 Å². The minimum Gasteiger partial charge on any atom is -0.493 e. The standard InChI is InChI=1S/C22H25NO4/c1-3-27-19-12-8-7-11-18(19)20(24)23-15-13-22(14-16-23,21(25)26-2)17-9-5-4-6-10-17/h4-12H,3,13-16H2,1-2H3. The summed E-state index contributed by atoms with van der Waals surface area (Å²) in [7, 11) is 1.42. The van der Waals surface area contributed by atoms with Gasteiger partial charge in [0.15, 0.2) is 0 Å². The van der Waals surface area contributed by atoms with E-state index in [1.165, 1.54) is 7.11 Å². The van der Waals surface area contributed by atoms with E-state index in [1.807, 2.05) is 55.5 Å². The molecule has 1 heterocycles. The van der Waals surface area contributed by atoms with Crippen LogP contribution in [0.2, 0.25) is 0 Å². The van der Waals surface area contributed by atoms with Crippen molar-refractivity contribution in [2.75, 3.05) is 26.8 Å². The van der Waals surface area contributed by atoms with Crippen molar-refractivity contribution in [2.45, 2.75) is 25.2 Å². The zero-order valence-electron chi connectivity index (χ0n) is 15.8. The van der Waals surface area contributed by atoms with Crippen LogP contribution in [0.4, 0.5) is 0 Å². The average Bonchev–Trinajstić information content (AvgIpc) is 2.74. The molecule has 3 rings (SSSR count). The first kappa shape index (κ1) is 19.0. The third-order valence-corrected chi connectivity index (χ3v) is 5.22. The largest absolute Gasteiger partial charge is 0.493 e. The predicted molar refractivity (Wildman–Crippen MR) is 103 cm³/mol. The van der Waals surface area contributed by atoms with Crippen LogP contribution in [0, 0.1) is 0 Å². The molecule has 1 saturated heterocycles. The van der Waals surface area contributed by atoms with Crippen LogP contribution in [-0.4, -0.2) is 43.6 Å². The summed E-state index contributed by atoms with van der Waals surface area (Å²) < 4.78 is 10.7. The summed E-state index contributed by atoms with van der Waals surface area (Å²) in [6, 6.07) is 17.0. The van der Waals surface area contributed by atoms with Gasteiger partial charge in [-0.05, 0) is 37.5 Å². The van der Waals surface area contributed by atoms with Crippen LogP contribution in [0.3, 0.4) is 0 Å². The van der Waals surface area contributed by atoms with E-state index in [0.29, 0.717) is 43.9 Å². The number of benzene rings is 2. The van der Waals surface area contributed by atoms with E-state index in [9.17, 15) is 9.59 Å². The summed E-state index contributed by atoms with van der Waals surface area (Å²) in [4.78, 5) is 27.4. The third-order valence-electron chi connectivity index (χ3n) is 5.22. The number of ether oxygens (including phenoxy) is 2. The molecule has 0 saturated carbocycles. The zero-order chi connectivity index (χ0) is 19.3. The number of rotatable bonds is 5. The van der Waals surface area contributed by atoms with Crippen molar-refractivity contribution in [3.05, 3.63) is 65.7 Å². The molecule has 0 bridgehead atoms. The second-order valence-corrected chi connectivity index (χ2v) is 6.66. The number of hydrogen-bond acceptors (Lipinski definition) is 4. The van der Waals surface area contributed by atoms with Crippen molar-refractivity contribution >= 4 is 11.9 Å². The summed E-state index contributed by atoms with van der Waals surface area (Å²) in [6.45, 7) is 3.38. The average molecular weight is 367 g/mol. The Hall–Kier alpha value is -2.82. The van der Waals surface area contributed by atoms with Gasteiger partial charge in [0.25, 0.3) is 5.91 Å². The van der Waals surface area contributed by atoms with Gasteiger partial charge in [0.1, 0.15) is 5.75 Å². The summed E-state index contributed by atoms with van der Waals surface area (Å²) in [5.41, 5.74) is 0.801. The molecule has 0 aromatic heterocycles. The van der Waals surface area contributed by atoms with Gasteiger partial charge in [-0.3, -0.25) is 9.59 Å². The molecule has 2 aromatic rings. The van der Waals surface area contributed by atoms with Crippen molar-refractivity contribution in [1.29, 1.82) is 0 Å². The van der Waals surface area contributed by atoms with Crippen LogP contribution in [0.5, 0.6) is 5.75 Å². The summed E-state index contributed by atoms with van der Waals surface area (Å²) in [5, 5.41) is 0. The van der Waals surface area contributed by atoms with Crippen LogP contribution < -0.4 is 4.74 Å². The van der Waals surface area contributed by atoms with Crippen LogP contribution in [0.1, 0.15) is 35.7 Å². The maximum absolute atomic E-state index is 13.0. The van der Waals surface area contributed by atoms with E-state index in [1.54, 1.807) is 11.0 Å². The van der Waals surface area contributed by atoms with Gasteiger partial charge in [-0.1, -0.05) is 42.5 Å². The Balaban J connectivity index is 1.81. The van der Waals surface area contributed by atoms with Gasteiger partial charge in [-0.15, -0.1) is 0 Å². The molecule has 1 amide bonds. The Kier molecular flexibility index (Phi) is 5.79. The molecule has 1 fully saturated rings. The number of esters is 1. The first-order valence-corrected chi connectivity index (χ1v) is 9.27. The monoisotopic (exact) mass is 367 g/mol. The van der Waals surface area contributed by atoms with Gasteiger partial charge < -0.3 is 14.4 Å². The number of hydrogen-bond donors (Lipinski definition) is 0. The molecule has 0 spiro atoms. The van der Waals surface area contributed by atoms with Gasteiger partial charge in [-0.25, -0.2) is 0 Å². The Bertz CT molecular complexity index is 795. The number of carbonyl (C=O) groups is 2. The maximum atomic E-state index is 13.0. The van der Waals surface area contributed by atoms with Crippen molar-refractivity contribution in [3.63, 3.8) is 0 Å². The van der Waals surface area contributed by atoms with Crippen molar-refractivity contribution in [3.8, 4) is 5.75 Å². The molecule has 0 radical (unpaired) electrons. The van der Waals surface area contributed by atoms with Gasteiger partial charge in [0.05, 0.1) is 24.7 Å². The van der Waals surface area contributed by atoms with E-state index in [0.717, 1.165) is 5.56 Å². The molecule has 2 aromatic carbocycles. The second-order valence-electron chi connectivity index (χ2n) is 6.66. The molecule has 0 atom stereocenters. The lowest BCUT2D eigenvalue weighted by Gasteiger charge is -2.40. The minimum absolute atomic E-state index is 0.0643. The molecule has 1 aliphatic heterocycles. The molecule has 0 aliphatic carbocycles. The molecule has 5 heteroatoms. The quantitative estimate of drug-likeness (QED) is 0.760. The fourth-order valence-electron chi connectivity index (χ4n) is 3.75. The van der Waals surface area contributed by atoms with E-state index in [-0.39, 0.29) is 11.9 Å². The van der Waals surface area contributed by atoms with E-state index in [4.69, 9.17) is 9.47 Å². The highest BCUT2D eigenvalue weighted by molar-refractivity contribution is 5.97.